The average Bonchev–Trinajstić information content (AvgIpc) is 1.78. The number of aliphatic hydroxyl groups is 3. The van der Waals surface area contributed by atoms with Crippen molar-refractivity contribution in [2.75, 3.05) is 19.8 Å². The van der Waals surface area contributed by atoms with Gasteiger partial charge in [0.05, 0.1) is 44.6 Å². The van der Waals surface area contributed by atoms with Crippen LogP contribution in [0.3, 0.4) is 0 Å². The molecule has 129 heavy (non-hydrogen) atoms. The number of rotatable bonds is 60. The summed E-state index contributed by atoms with van der Waals surface area (Å²) in [6.07, 6.45) is -9.00. The number of aliphatic hydroxyl groups excluding tert-OH is 3. The summed E-state index contributed by atoms with van der Waals surface area (Å²) < 4.78 is 0. The van der Waals surface area contributed by atoms with Crippen LogP contribution in [0.15, 0.2) is 0 Å². The first kappa shape index (κ1) is 115. The van der Waals surface area contributed by atoms with E-state index in [9.17, 15) is 141 Å². The fraction of sp³-hybridized carbons (Fsp3) is 0.709. The Bertz CT molecular complexity index is 3980. The second-order valence-electron chi connectivity index (χ2n) is 33.6. The van der Waals surface area contributed by atoms with Gasteiger partial charge >= 0.3 is 23.9 Å². The maximum atomic E-state index is 14.6. The van der Waals surface area contributed by atoms with E-state index in [2.05, 4.69) is 74.4 Å². The number of carbonyl (C=O) groups excluding carboxylic acids is 19. The summed E-state index contributed by atoms with van der Waals surface area (Å²) in [5, 5.41) is 105. The summed E-state index contributed by atoms with van der Waals surface area (Å²) in [6.45, 7) is 18.6. The lowest BCUT2D eigenvalue weighted by Crippen LogP contribution is -2.63. The molecule has 0 aromatic heterocycles. The summed E-state index contributed by atoms with van der Waals surface area (Å²) in [6, 6.07) is -29.1. The van der Waals surface area contributed by atoms with Gasteiger partial charge in [-0.2, -0.15) is 0 Å². The lowest BCUT2D eigenvalue weighted by Gasteiger charge is -2.31. The smallest absolute Gasteiger partial charge is 0.326 e. The van der Waals surface area contributed by atoms with Gasteiger partial charge in [-0.15, -0.1) is 0 Å². The highest BCUT2D eigenvalue weighted by Crippen LogP contribution is 2.22. The molecule has 728 valence electrons. The Labute approximate surface area is 744 Å². The van der Waals surface area contributed by atoms with Gasteiger partial charge in [0, 0.05) is 25.8 Å². The number of nitrogens with two attached hydrogens (primary N) is 4. The first-order chi connectivity index (χ1) is 59.9. The van der Waals surface area contributed by atoms with Crippen LogP contribution in [0.1, 0.15) is 193 Å². The highest BCUT2D eigenvalue weighted by molar-refractivity contribution is 6.03. The van der Waals surface area contributed by atoms with Gasteiger partial charge < -0.3 is 143 Å². The molecule has 0 unspecified atom stereocenters. The molecular formula is C79H132N20O30. The zero-order valence-electron chi connectivity index (χ0n) is 74.9. The van der Waals surface area contributed by atoms with Crippen LogP contribution in [-0.4, -0.2) is 305 Å². The van der Waals surface area contributed by atoms with Gasteiger partial charge in [0.2, 0.25) is 112 Å². The van der Waals surface area contributed by atoms with Gasteiger partial charge in [-0.1, -0.05) is 89.5 Å². The zero-order chi connectivity index (χ0) is 99.0. The standard InChI is InChI=1S/C79H132N20O30/c1-15-38(12)61(97-71(120)47(27-35(6)7)90-69(118)45(25-33(2)3)91-72(121)50(31-100)93-63(112)39(13)84-68(117)48(30-58(110)111)88-64(113)41(80)28-57(108)109)76(125)94-51(32-101)73(122)95-59(36(8)9)75(124)92-49(29-55(83)105)78(127)99-24-16-17-52(99)74(123)86-44(20-23-56(106)107)67(116)98-62(40(14)102)77(126)87-43(19-22-54(82)104)65(114)85-42(18-21-53(81)103)66(115)89-46(26-34(4)5)70(119)96-60(37(10)11)79(128)129/h33-52,59-62,100-102H,15-32,80H2,1-14H3,(H2,81,103)(H2,82,104)(H2,83,105)(H,84,117)(H,85,114)(H,86,123)(H,87,126)(H,88,113)(H,89,115)(H,90,118)(H,91,121)(H,92,124)(H,93,112)(H,94,125)(H,95,122)(H,96,119)(H,97,120)(H,98,116)(H,106,107)(H,108,109)(H,110,111)(H,128,129)/t38-,39-,40+,41-,42-,43-,44-,45-,46-,47-,48-,49-,50-,51-,52-,59-,60-,61-,62-/m0/s1. The third kappa shape index (κ3) is 41.1. The summed E-state index contributed by atoms with van der Waals surface area (Å²) in [4.78, 5) is 308. The quantitative estimate of drug-likeness (QED) is 0.0269. The predicted octanol–water partition coefficient (Wildman–Crippen LogP) is -9.24. The SMILES string of the molecule is CC[C@H](C)[C@H](NC(=O)[C@H](CC(C)C)NC(=O)[C@H](CC(C)C)NC(=O)[C@H](CO)NC(=O)[C@H](C)NC(=O)[C@H](CC(=O)O)NC(=O)[C@@H](N)CC(=O)O)C(=O)N[C@@H](CO)C(=O)N[C@H](C(=O)N[C@@H](CC(N)=O)C(=O)N1CCC[C@H]1C(=O)N[C@@H](CCC(=O)O)C(=O)N[C@H](C(=O)N[C@@H](CCC(N)=O)C(=O)N[C@@H](CCC(N)=O)C(=O)N[C@@H](CC(C)C)C(=O)N[C@H](C(=O)O)C(C)C)[C@@H](C)O)C(C)C. The molecule has 1 saturated heterocycles. The topological polar surface area (TPSA) is 822 Å². The predicted molar refractivity (Wildman–Crippen MR) is 450 cm³/mol. The van der Waals surface area contributed by atoms with Crippen LogP contribution in [0.4, 0.5) is 0 Å². The van der Waals surface area contributed by atoms with Crippen molar-refractivity contribution in [2.24, 2.45) is 58.4 Å². The van der Waals surface area contributed by atoms with Crippen LogP contribution < -0.4 is 103 Å². The summed E-state index contributed by atoms with van der Waals surface area (Å²) in [7, 11) is 0. The minimum atomic E-state index is -2.10. The van der Waals surface area contributed by atoms with Gasteiger partial charge in [-0.25, -0.2) is 4.79 Å². The molecule has 1 heterocycles. The Kier molecular flexibility index (Phi) is 49.8. The number of amides is 19. The van der Waals surface area contributed by atoms with Crippen LogP contribution in [-0.2, 0) is 110 Å². The van der Waals surface area contributed by atoms with Gasteiger partial charge in [0.25, 0.3) is 0 Å². The van der Waals surface area contributed by atoms with Crippen molar-refractivity contribution < 1.29 is 146 Å². The zero-order valence-corrected chi connectivity index (χ0v) is 74.9. The normalized spacial score (nSPS) is 16.7. The van der Waals surface area contributed by atoms with Gasteiger partial charge in [-0.3, -0.25) is 105 Å². The van der Waals surface area contributed by atoms with Crippen molar-refractivity contribution in [3.05, 3.63) is 0 Å². The molecule has 30 N–H and O–H groups in total. The minimum absolute atomic E-state index is 0.0418. The fourth-order valence-electron chi connectivity index (χ4n) is 13.0. The monoisotopic (exact) mass is 1840 g/mol. The summed E-state index contributed by atoms with van der Waals surface area (Å²) in [5.74, 6) is -30.9. The molecule has 0 spiro atoms. The van der Waals surface area contributed by atoms with Crippen molar-refractivity contribution in [3.8, 4) is 0 Å². The molecule has 0 radical (unpaired) electrons. The number of nitrogens with one attached hydrogen (secondary N) is 15. The van der Waals surface area contributed by atoms with Gasteiger partial charge in [0.15, 0.2) is 0 Å². The molecule has 19 atom stereocenters. The van der Waals surface area contributed by atoms with E-state index in [1.165, 1.54) is 34.6 Å². The fourth-order valence-corrected chi connectivity index (χ4v) is 13.0. The second-order valence-corrected chi connectivity index (χ2v) is 33.6. The Hall–Kier alpha value is -12.3. The van der Waals surface area contributed by atoms with E-state index >= 15 is 0 Å². The molecular weight excluding hydrogens is 1710 g/mol. The molecule has 0 saturated carbocycles. The number of likely N-dealkylation sites (tertiary alicyclic amines) is 1. The van der Waals surface area contributed by atoms with Crippen LogP contribution in [0.5, 0.6) is 0 Å². The Morgan fingerprint density at radius 1 is 0.349 bits per heavy atom. The van der Waals surface area contributed by atoms with Gasteiger partial charge in [-0.05, 0) is 101 Å². The number of carboxylic acid groups (broad SMARTS) is 4. The number of carbonyl (C=O) groups is 23. The summed E-state index contributed by atoms with van der Waals surface area (Å²) >= 11 is 0. The molecule has 1 rings (SSSR count). The van der Waals surface area contributed by atoms with E-state index < -0.39 is 334 Å². The number of hydrogen-bond donors (Lipinski definition) is 26. The molecule has 50 nitrogen and oxygen atoms in total. The van der Waals surface area contributed by atoms with Crippen LogP contribution >= 0.6 is 0 Å². The maximum Gasteiger partial charge on any atom is 0.326 e. The Morgan fingerprint density at radius 3 is 1.10 bits per heavy atom. The molecule has 1 aliphatic heterocycles. The molecule has 0 bridgehead atoms. The van der Waals surface area contributed by atoms with Crippen LogP contribution in [0, 0.1) is 35.5 Å². The number of primary amides is 3. The van der Waals surface area contributed by atoms with E-state index in [1.807, 2.05) is 5.32 Å². The van der Waals surface area contributed by atoms with Crippen molar-refractivity contribution in [1.29, 1.82) is 0 Å². The van der Waals surface area contributed by atoms with E-state index in [0.717, 1.165) is 18.7 Å². The first-order valence-corrected chi connectivity index (χ1v) is 42.2. The van der Waals surface area contributed by atoms with E-state index in [1.54, 1.807) is 48.5 Å². The first-order valence-electron chi connectivity index (χ1n) is 42.2. The molecule has 50 heteroatoms. The van der Waals surface area contributed by atoms with E-state index in [-0.39, 0.29) is 62.8 Å². The van der Waals surface area contributed by atoms with Crippen LogP contribution in [0.2, 0.25) is 0 Å². The lowest BCUT2D eigenvalue weighted by atomic mass is 9.96. The molecule has 0 aromatic rings. The molecule has 1 aliphatic rings. The minimum Gasteiger partial charge on any atom is -0.481 e. The highest BCUT2D eigenvalue weighted by Gasteiger charge is 2.44. The van der Waals surface area contributed by atoms with Crippen molar-refractivity contribution in [1.82, 2.24) is 84.7 Å². The third-order valence-electron chi connectivity index (χ3n) is 20.2. The van der Waals surface area contributed by atoms with Crippen molar-refractivity contribution in [3.63, 3.8) is 0 Å². The lowest BCUT2D eigenvalue weighted by molar-refractivity contribution is -0.144. The largest absolute Gasteiger partial charge is 0.481 e. The molecule has 0 aliphatic carbocycles. The number of aliphatic carboxylic acids is 4. The van der Waals surface area contributed by atoms with E-state index in [4.69, 9.17) is 28.0 Å². The maximum absolute atomic E-state index is 14.6. The highest BCUT2D eigenvalue weighted by atomic mass is 16.4. The number of carboxylic acids is 4. The van der Waals surface area contributed by atoms with Gasteiger partial charge in [0.1, 0.15) is 96.7 Å². The van der Waals surface area contributed by atoms with Crippen molar-refractivity contribution in [2.45, 2.75) is 302 Å². The second kappa shape index (κ2) is 56.1. The molecule has 1 fully saturated rings. The Balaban J connectivity index is 3.57. The molecule has 19 amide bonds. The number of nitrogens with zero attached hydrogens (tertiary/aromatic N) is 1. The average molecular weight is 1840 g/mol. The Morgan fingerprint density at radius 2 is 0.690 bits per heavy atom. The van der Waals surface area contributed by atoms with Crippen molar-refractivity contribution >= 4 is 136 Å². The van der Waals surface area contributed by atoms with Crippen LogP contribution in [0.25, 0.3) is 0 Å². The summed E-state index contributed by atoms with van der Waals surface area (Å²) in [5.41, 5.74) is 21.9. The third-order valence-corrected chi connectivity index (χ3v) is 20.2. The number of hydrogen-bond acceptors (Lipinski definition) is 27. The molecule has 0 aromatic carbocycles. The van der Waals surface area contributed by atoms with E-state index in [0.29, 0.717) is 0 Å².